The first kappa shape index (κ1) is 17.1. The summed E-state index contributed by atoms with van der Waals surface area (Å²) in [5.74, 6) is 0. The zero-order valence-corrected chi connectivity index (χ0v) is 13.2. The molecule has 0 N–H and O–H groups in total. The quantitative estimate of drug-likeness (QED) is 0.589. The van der Waals surface area contributed by atoms with E-state index in [1.165, 1.54) is 0 Å². The Morgan fingerprint density at radius 2 is 1.71 bits per heavy atom. The van der Waals surface area contributed by atoms with Gasteiger partial charge in [0.2, 0.25) is 0 Å². The van der Waals surface area contributed by atoms with Crippen LogP contribution in [-0.2, 0) is 0 Å². The van der Waals surface area contributed by atoms with Gasteiger partial charge in [-0.15, -0.1) is 17.5 Å². The highest BCUT2D eigenvalue weighted by Gasteiger charge is 2.10. The lowest BCUT2D eigenvalue weighted by molar-refractivity contribution is 0.108. The van der Waals surface area contributed by atoms with Crippen molar-refractivity contribution < 1.29 is 4.79 Å². The van der Waals surface area contributed by atoms with E-state index in [0.29, 0.717) is 11.3 Å². The Morgan fingerprint density at radius 1 is 1.05 bits per heavy atom. The summed E-state index contributed by atoms with van der Waals surface area (Å²) in [4.78, 5) is 13.3. The van der Waals surface area contributed by atoms with Gasteiger partial charge in [-0.2, -0.15) is 5.11 Å². The molecule has 0 aliphatic rings. The number of azo groups is 1. The van der Waals surface area contributed by atoms with E-state index in [-0.39, 0.29) is 12.4 Å². The van der Waals surface area contributed by atoms with Gasteiger partial charge in [0, 0.05) is 19.8 Å². The van der Waals surface area contributed by atoms with Crippen LogP contribution < -0.4 is 4.90 Å². The Hall–Kier alpha value is -1.91. The van der Waals surface area contributed by atoms with Crippen LogP contribution in [0.2, 0.25) is 0 Å². The second-order valence-corrected chi connectivity index (χ2v) is 4.75. The molecule has 2 rings (SSSR count). The molecule has 2 aromatic rings. The molecule has 0 saturated heterocycles. The fraction of sp³-hybridized carbons (Fsp3) is 0.133. The molecule has 6 heteroatoms. The summed E-state index contributed by atoms with van der Waals surface area (Å²) >= 11 is 5.57. The van der Waals surface area contributed by atoms with Gasteiger partial charge >= 0.3 is 0 Å². The maximum atomic E-state index is 11.4. The van der Waals surface area contributed by atoms with E-state index >= 15 is 0 Å². The maximum Gasteiger partial charge on any atom is 0.254 e. The molecular formula is C15H15Cl2N3O. The highest BCUT2D eigenvalue weighted by Crippen LogP contribution is 2.28. The fourth-order valence-corrected chi connectivity index (χ4v) is 1.81. The Bertz CT molecular complexity index is 643. The Kier molecular flexibility index (Phi) is 6.34. The third-order valence-corrected chi connectivity index (χ3v) is 2.94. The summed E-state index contributed by atoms with van der Waals surface area (Å²) in [6, 6.07) is 14.6. The van der Waals surface area contributed by atoms with Crippen molar-refractivity contribution in [2.75, 3.05) is 19.0 Å². The first-order valence-corrected chi connectivity index (χ1v) is 6.44. The Labute approximate surface area is 134 Å². The van der Waals surface area contributed by atoms with Crippen molar-refractivity contribution in [2.45, 2.75) is 0 Å². The molecule has 0 aliphatic heterocycles. The van der Waals surface area contributed by atoms with Gasteiger partial charge in [0.05, 0.1) is 16.9 Å². The summed E-state index contributed by atoms with van der Waals surface area (Å²) in [6.45, 7) is 0. The largest absolute Gasteiger partial charge is 0.378 e. The second-order valence-electron chi connectivity index (χ2n) is 4.41. The molecule has 0 bridgehead atoms. The van der Waals surface area contributed by atoms with Gasteiger partial charge in [-0.25, -0.2) is 0 Å². The van der Waals surface area contributed by atoms with E-state index < -0.39 is 5.24 Å². The van der Waals surface area contributed by atoms with E-state index in [1.54, 1.807) is 12.1 Å². The van der Waals surface area contributed by atoms with E-state index in [9.17, 15) is 4.79 Å². The lowest BCUT2D eigenvalue weighted by atomic mass is 10.1. The number of hydrogen-bond donors (Lipinski definition) is 0. The smallest absolute Gasteiger partial charge is 0.254 e. The zero-order chi connectivity index (χ0) is 14.5. The van der Waals surface area contributed by atoms with Crippen molar-refractivity contribution in [2.24, 2.45) is 10.2 Å². The van der Waals surface area contributed by atoms with Crippen LogP contribution in [0.4, 0.5) is 17.1 Å². The van der Waals surface area contributed by atoms with Gasteiger partial charge in [0.15, 0.2) is 0 Å². The minimum absolute atomic E-state index is 0. The number of carbonyl (C=O) groups excluding carboxylic acids is 1. The van der Waals surface area contributed by atoms with Crippen molar-refractivity contribution in [3.63, 3.8) is 0 Å². The van der Waals surface area contributed by atoms with Crippen molar-refractivity contribution in [3.05, 3.63) is 54.1 Å². The number of hydrogen-bond acceptors (Lipinski definition) is 4. The summed E-state index contributed by atoms with van der Waals surface area (Å²) < 4.78 is 0. The number of rotatable bonds is 4. The molecule has 2 aromatic carbocycles. The molecule has 0 radical (unpaired) electrons. The molecule has 0 saturated carbocycles. The highest BCUT2D eigenvalue weighted by molar-refractivity contribution is 6.68. The van der Waals surface area contributed by atoms with Gasteiger partial charge in [-0.1, -0.05) is 18.2 Å². The van der Waals surface area contributed by atoms with E-state index in [1.807, 2.05) is 55.4 Å². The predicted molar refractivity (Wildman–Crippen MR) is 88.8 cm³/mol. The van der Waals surface area contributed by atoms with Gasteiger partial charge in [-0.3, -0.25) is 4.79 Å². The Balaban J connectivity index is 0.00000220. The minimum atomic E-state index is -0.544. The van der Waals surface area contributed by atoms with Crippen molar-refractivity contribution in [1.82, 2.24) is 0 Å². The summed E-state index contributed by atoms with van der Waals surface area (Å²) in [7, 11) is 3.82. The number of halogens is 2. The summed E-state index contributed by atoms with van der Waals surface area (Å²) in [5, 5.41) is 7.71. The van der Waals surface area contributed by atoms with Crippen LogP contribution in [-0.4, -0.2) is 19.3 Å². The van der Waals surface area contributed by atoms with Crippen molar-refractivity contribution in [1.29, 1.82) is 0 Å². The molecule has 0 aliphatic carbocycles. The molecule has 0 amide bonds. The molecule has 110 valence electrons. The standard InChI is InChI=1S/C15H14ClN3O.ClH/c1-19(2)12-8-9-13(15(16)20)14(10-12)18-17-11-6-4-3-5-7-11;/h3-10H,1-2H3;1H. The lowest BCUT2D eigenvalue weighted by Gasteiger charge is -2.13. The zero-order valence-electron chi connectivity index (χ0n) is 11.7. The predicted octanol–water partition coefficient (Wildman–Crippen LogP) is 4.97. The van der Waals surface area contributed by atoms with Crippen LogP contribution in [0.3, 0.4) is 0 Å². The molecule has 0 fully saturated rings. The molecule has 0 heterocycles. The van der Waals surface area contributed by atoms with Gasteiger partial charge in [0.1, 0.15) is 0 Å². The van der Waals surface area contributed by atoms with Crippen LogP contribution in [0.1, 0.15) is 10.4 Å². The van der Waals surface area contributed by atoms with Crippen molar-refractivity contribution in [3.8, 4) is 0 Å². The summed E-state index contributed by atoms with van der Waals surface area (Å²) in [5.41, 5.74) is 2.45. The molecular weight excluding hydrogens is 309 g/mol. The molecule has 0 aromatic heterocycles. The van der Waals surface area contributed by atoms with E-state index in [2.05, 4.69) is 10.2 Å². The van der Waals surface area contributed by atoms with Gasteiger partial charge in [-0.05, 0) is 41.9 Å². The van der Waals surface area contributed by atoms with Crippen LogP contribution >= 0.6 is 24.0 Å². The van der Waals surface area contributed by atoms with Crippen LogP contribution in [0.15, 0.2) is 58.8 Å². The van der Waals surface area contributed by atoms with Crippen molar-refractivity contribution >= 4 is 46.3 Å². The number of nitrogens with zero attached hydrogens (tertiary/aromatic N) is 3. The fourth-order valence-electron chi connectivity index (χ4n) is 1.65. The van der Waals surface area contributed by atoms with Crippen LogP contribution in [0, 0.1) is 0 Å². The first-order chi connectivity index (χ1) is 9.58. The van der Waals surface area contributed by atoms with Crippen LogP contribution in [0.5, 0.6) is 0 Å². The number of anilines is 1. The summed E-state index contributed by atoms with van der Waals surface area (Å²) in [6.07, 6.45) is 0. The first-order valence-electron chi connectivity index (χ1n) is 6.06. The lowest BCUT2D eigenvalue weighted by Crippen LogP contribution is -2.08. The average molecular weight is 324 g/mol. The third-order valence-electron chi connectivity index (χ3n) is 2.74. The number of benzene rings is 2. The molecule has 4 nitrogen and oxygen atoms in total. The third kappa shape index (κ3) is 4.55. The van der Waals surface area contributed by atoms with Crippen LogP contribution in [0.25, 0.3) is 0 Å². The highest BCUT2D eigenvalue weighted by atomic mass is 35.5. The molecule has 21 heavy (non-hydrogen) atoms. The molecule has 0 unspecified atom stereocenters. The topological polar surface area (TPSA) is 45.0 Å². The normalized spacial score (nSPS) is 10.2. The number of carbonyl (C=O) groups is 1. The van der Waals surface area contributed by atoms with E-state index in [4.69, 9.17) is 11.6 Å². The monoisotopic (exact) mass is 323 g/mol. The second kappa shape index (κ2) is 7.76. The minimum Gasteiger partial charge on any atom is -0.378 e. The average Bonchev–Trinajstić information content (AvgIpc) is 2.45. The van der Waals surface area contributed by atoms with Gasteiger partial charge < -0.3 is 4.90 Å². The van der Waals surface area contributed by atoms with E-state index in [0.717, 1.165) is 11.4 Å². The molecule has 0 spiro atoms. The SMILES string of the molecule is CN(C)c1ccc(C(=O)Cl)c(N=Nc2ccccc2)c1.Cl. The molecule has 0 atom stereocenters. The maximum absolute atomic E-state index is 11.4. The Morgan fingerprint density at radius 3 is 2.29 bits per heavy atom. The van der Waals surface area contributed by atoms with Gasteiger partial charge in [0.25, 0.3) is 5.24 Å².